The molecule has 3 nitrogen and oxygen atoms in total. The number of hydrogen-bond acceptors (Lipinski definition) is 3. The quantitative estimate of drug-likeness (QED) is 0.543. The standard InChI is InChI=1S/C20H16N2OS/c1-14(15-8-4-2-5-9-15)22-13-21-19-18(20(22)23)17(12-24-19)16-10-6-3-7-11-16/h2-14H,1H3/t14-/m1/s1. The summed E-state index contributed by atoms with van der Waals surface area (Å²) in [5, 5.41) is 2.72. The van der Waals surface area contributed by atoms with Gasteiger partial charge < -0.3 is 0 Å². The molecule has 0 spiro atoms. The Hall–Kier alpha value is -2.72. The van der Waals surface area contributed by atoms with E-state index in [4.69, 9.17) is 0 Å². The van der Waals surface area contributed by atoms with Crippen LogP contribution in [0.1, 0.15) is 18.5 Å². The van der Waals surface area contributed by atoms with Crippen LogP contribution >= 0.6 is 11.3 Å². The lowest BCUT2D eigenvalue weighted by molar-refractivity contribution is 0.609. The van der Waals surface area contributed by atoms with Gasteiger partial charge in [0.1, 0.15) is 4.83 Å². The number of hydrogen-bond donors (Lipinski definition) is 0. The van der Waals surface area contributed by atoms with E-state index in [0.29, 0.717) is 5.39 Å². The van der Waals surface area contributed by atoms with Gasteiger partial charge in [-0.3, -0.25) is 9.36 Å². The average Bonchev–Trinajstić information content (AvgIpc) is 3.08. The van der Waals surface area contributed by atoms with Gasteiger partial charge in [-0.25, -0.2) is 4.98 Å². The summed E-state index contributed by atoms with van der Waals surface area (Å²) in [4.78, 5) is 18.4. The molecule has 0 aliphatic rings. The molecule has 2 aromatic heterocycles. The van der Waals surface area contributed by atoms with Crippen molar-refractivity contribution >= 4 is 21.6 Å². The van der Waals surface area contributed by atoms with Gasteiger partial charge in [0.05, 0.1) is 17.8 Å². The molecule has 4 aromatic rings. The fourth-order valence-electron chi connectivity index (χ4n) is 2.94. The van der Waals surface area contributed by atoms with Crippen LogP contribution < -0.4 is 5.56 Å². The summed E-state index contributed by atoms with van der Waals surface area (Å²) in [7, 11) is 0. The minimum absolute atomic E-state index is 0.0106. The third kappa shape index (κ3) is 2.45. The Morgan fingerprint density at radius 3 is 2.38 bits per heavy atom. The maximum absolute atomic E-state index is 13.1. The van der Waals surface area contributed by atoms with Crippen LogP contribution in [0.15, 0.2) is 77.2 Å². The van der Waals surface area contributed by atoms with E-state index in [9.17, 15) is 4.79 Å². The van der Waals surface area contributed by atoms with Crippen molar-refractivity contribution in [3.63, 3.8) is 0 Å². The normalized spacial score (nSPS) is 12.4. The zero-order valence-corrected chi connectivity index (χ0v) is 14.0. The number of thiophene rings is 1. The molecule has 1 atom stereocenters. The Morgan fingerprint density at radius 1 is 1.00 bits per heavy atom. The predicted molar refractivity (Wildman–Crippen MR) is 99.6 cm³/mol. The molecule has 0 unspecified atom stereocenters. The number of aromatic nitrogens is 2. The molecule has 118 valence electrons. The lowest BCUT2D eigenvalue weighted by atomic mass is 10.1. The van der Waals surface area contributed by atoms with Crippen LogP contribution in [0.4, 0.5) is 0 Å². The predicted octanol–water partition coefficient (Wildman–Crippen LogP) is 4.73. The van der Waals surface area contributed by atoms with Crippen LogP contribution in [0, 0.1) is 0 Å². The molecule has 4 heteroatoms. The van der Waals surface area contributed by atoms with Crippen molar-refractivity contribution in [1.82, 2.24) is 9.55 Å². The highest BCUT2D eigenvalue weighted by molar-refractivity contribution is 7.17. The average molecular weight is 332 g/mol. The molecule has 0 radical (unpaired) electrons. The van der Waals surface area contributed by atoms with Crippen molar-refractivity contribution in [2.45, 2.75) is 13.0 Å². The summed E-state index contributed by atoms with van der Waals surface area (Å²) in [5.74, 6) is 0. The van der Waals surface area contributed by atoms with Gasteiger partial charge in [-0.05, 0) is 18.1 Å². The third-order valence-electron chi connectivity index (χ3n) is 4.30. The van der Waals surface area contributed by atoms with E-state index in [-0.39, 0.29) is 11.6 Å². The van der Waals surface area contributed by atoms with Crippen molar-refractivity contribution < 1.29 is 0 Å². The maximum atomic E-state index is 13.1. The number of nitrogens with zero attached hydrogens (tertiary/aromatic N) is 2. The molecule has 0 bridgehead atoms. The van der Waals surface area contributed by atoms with Crippen molar-refractivity contribution in [3.8, 4) is 11.1 Å². The molecule has 2 aromatic carbocycles. The Labute approximate surface area is 143 Å². The summed E-state index contributed by atoms with van der Waals surface area (Å²) in [6, 6.07) is 20.0. The summed E-state index contributed by atoms with van der Waals surface area (Å²) < 4.78 is 1.72. The molecule has 0 saturated carbocycles. The van der Waals surface area contributed by atoms with Crippen LogP contribution in [0.3, 0.4) is 0 Å². The zero-order valence-electron chi connectivity index (χ0n) is 13.2. The summed E-state index contributed by atoms with van der Waals surface area (Å²) in [6.07, 6.45) is 1.66. The van der Waals surface area contributed by atoms with Crippen LogP contribution in [0.5, 0.6) is 0 Å². The van der Waals surface area contributed by atoms with Gasteiger partial charge in [0.2, 0.25) is 0 Å². The van der Waals surface area contributed by atoms with Crippen LogP contribution in [-0.4, -0.2) is 9.55 Å². The molecular formula is C20H16N2OS. The minimum atomic E-state index is -0.0564. The van der Waals surface area contributed by atoms with Gasteiger partial charge in [-0.1, -0.05) is 60.7 Å². The fraction of sp³-hybridized carbons (Fsp3) is 0.100. The molecule has 0 N–H and O–H groups in total. The van der Waals surface area contributed by atoms with E-state index in [1.165, 1.54) is 11.3 Å². The van der Waals surface area contributed by atoms with Crippen molar-refractivity contribution in [2.75, 3.05) is 0 Å². The molecule has 4 rings (SSSR count). The van der Waals surface area contributed by atoms with Gasteiger partial charge >= 0.3 is 0 Å². The third-order valence-corrected chi connectivity index (χ3v) is 5.19. The highest BCUT2D eigenvalue weighted by Crippen LogP contribution is 2.30. The Bertz CT molecular complexity index is 1040. The number of rotatable bonds is 3. The van der Waals surface area contributed by atoms with E-state index in [0.717, 1.165) is 21.5 Å². The Morgan fingerprint density at radius 2 is 1.67 bits per heavy atom. The second-order valence-electron chi connectivity index (χ2n) is 5.74. The number of benzene rings is 2. The Balaban J connectivity index is 1.91. The molecule has 0 aliphatic heterocycles. The molecule has 0 aliphatic carbocycles. The zero-order chi connectivity index (χ0) is 16.5. The summed E-state index contributed by atoms with van der Waals surface area (Å²) in [6.45, 7) is 2.03. The van der Waals surface area contributed by atoms with Crippen molar-refractivity contribution in [3.05, 3.63) is 88.3 Å². The van der Waals surface area contributed by atoms with Gasteiger partial charge in [-0.15, -0.1) is 11.3 Å². The van der Waals surface area contributed by atoms with Gasteiger partial charge in [-0.2, -0.15) is 0 Å². The van der Waals surface area contributed by atoms with Crippen LogP contribution in [-0.2, 0) is 0 Å². The van der Waals surface area contributed by atoms with Crippen LogP contribution in [0.2, 0.25) is 0 Å². The molecule has 24 heavy (non-hydrogen) atoms. The minimum Gasteiger partial charge on any atom is -0.291 e. The molecule has 0 amide bonds. The van der Waals surface area contributed by atoms with Crippen molar-refractivity contribution in [2.24, 2.45) is 0 Å². The lowest BCUT2D eigenvalue weighted by Gasteiger charge is -2.15. The SMILES string of the molecule is C[C@H](c1ccccc1)n1cnc2scc(-c3ccccc3)c2c1=O. The first-order chi connectivity index (χ1) is 11.8. The largest absolute Gasteiger partial charge is 0.291 e. The van der Waals surface area contributed by atoms with Gasteiger partial charge in [0, 0.05) is 10.9 Å². The number of fused-ring (bicyclic) bond motifs is 1. The van der Waals surface area contributed by atoms with E-state index < -0.39 is 0 Å². The maximum Gasteiger partial charge on any atom is 0.263 e. The fourth-order valence-corrected chi connectivity index (χ4v) is 3.85. The summed E-state index contributed by atoms with van der Waals surface area (Å²) in [5.41, 5.74) is 3.11. The molecular weight excluding hydrogens is 316 g/mol. The van der Waals surface area contributed by atoms with Crippen molar-refractivity contribution in [1.29, 1.82) is 0 Å². The first kappa shape index (κ1) is 14.8. The van der Waals surface area contributed by atoms with E-state index >= 15 is 0 Å². The van der Waals surface area contributed by atoms with E-state index in [1.807, 2.05) is 73.0 Å². The second kappa shape index (κ2) is 6.06. The highest BCUT2D eigenvalue weighted by atomic mass is 32.1. The monoisotopic (exact) mass is 332 g/mol. The summed E-state index contributed by atoms with van der Waals surface area (Å²) >= 11 is 1.51. The van der Waals surface area contributed by atoms with Crippen LogP contribution in [0.25, 0.3) is 21.3 Å². The second-order valence-corrected chi connectivity index (χ2v) is 6.60. The first-order valence-corrected chi connectivity index (χ1v) is 8.72. The molecule has 2 heterocycles. The smallest absolute Gasteiger partial charge is 0.263 e. The lowest BCUT2D eigenvalue weighted by Crippen LogP contribution is -2.24. The van der Waals surface area contributed by atoms with E-state index in [1.54, 1.807) is 10.9 Å². The topological polar surface area (TPSA) is 34.9 Å². The molecule has 0 saturated heterocycles. The van der Waals surface area contributed by atoms with Gasteiger partial charge in [0.15, 0.2) is 0 Å². The van der Waals surface area contributed by atoms with Gasteiger partial charge in [0.25, 0.3) is 5.56 Å². The molecule has 0 fully saturated rings. The van der Waals surface area contributed by atoms with E-state index in [2.05, 4.69) is 4.98 Å². The highest BCUT2D eigenvalue weighted by Gasteiger charge is 2.16. The first-order valence-electron chi connectivity index (χ1n) is 7.84. The Kier molecular flexibility index (Phi) is 3.75.